The molecule has 46 heavy (non-hydrogen) atoms. The molecular formula is C43H80Cl2O. The summed E-state index contributed by atoms with van der Waals surface area (Å²) in [6.45, 7) is 4.57. The van der Waals surface area contributed by atoms with Gasteiger partial charge in [-0.2, -0.15) is 0 Å². The van der Waals surface area contributed by atoms with Gasteiger partial charge in [0.25, 0.3) is 0 Å². The second-order valence-corrected chi connectivity index (χ2v) is 15.0. The number of hydrogen-bond donors (Lipinski definition) is 0. The molecule has 2 unspecified atom stereocenters. The Hall–Kier alpha value is -0.270. The normalized spacial score (nSPS) is 13.3. The summed E-state index contributed by atoms with van der Waals surface area (Å²) in [5.41, 5.74) is 0. The number of Topliss-reactive ketones (excluding diaryl/α,β-unsaturated/α-hetero) is 1. The lowest BCUT2D eigenvalue weighted by molar-refractivity contribution is -0.127. The maximum Gasteiger partial charge on any atom is 0.139 e. The molecule has 0 saturated carbocycles. The summed E-state index contributed by atoms with van der Waals surface area (Å²) in [6.07, 6.45) is 49.9. The van der Waals surface area contributed by atoms with Crippen LogP contribution in [0.2, 0.25) is 0 Å². The summed E-state index contributed by atoms with van der Waals surface area (Å²) in [4.78, 5) is 13.7. The molecule has 0 saturated heterocycles. The highest BCUT2D eigenvalue weighted by Gasteiger charge is 2.25. The summed E-state index contributed by atoms with van der Waals surface area (Å²) in [6, 6.07) is 0. The molecule has 1 nitrogen and oxygen atoms in total. The third kappa shape index (κ3) is 32.3. The predicted octanol–water partition coefficient (Wildman–Crippen LogP) is 15.9. The minimum absolute atomic E-state index is 0.201. The molecule has 0 bridgehead atoms. The summed E-state index contributed by atoms with van der Waals surface area (Å²) in [7, 11) is 0. The second kappa shape index (κ2) is 39.2. The molecule has 0 aromatic rings. The molecule has 0 aliphatic rings. The maximum atomic E-state index is 13.7. The Balaban J connectivity index is 4.16. The van der Waals surface area contributed by atoms with Gasteiger partial charge in [0.15, 0.2) is 0 Å². The van der Waals surface area contributed by atoms with Gasteiger partial charge in [-0.1, -0.05) is 154 Å². The number of ketones is 1. The van der Waals surface area contributed by atoms with Crippen LogP contribution in [0.1, 0.15) is 219 Å². The number of rotatable bonds is 38. The highest BCUT2D eigenvalue weighted by Crippen LogP contribution is 2.27. The molecule has 0 aliphatic carbocycles. The van der Waals surface area contributed by atoms with E-state index in [0.717, 1.165) is 38.5 Å². The van der Waals surface area contributed by atoms with Crippen LogP contribution in [0.4, 0.5) is 0 Å². The fraction of sp³-hybridized carbons (Fsp3) is 0.884. The van der Waals surface area contributed by atoms with Gasteiger partial charge in [0.05, 0.1) is 0 Å². The van der Waals surface area contributed by atoms with E-state index >= 15 is 0 Å². The number of carbonyl (C=O) groups is 1. The Morgan fingerprint density at radius 1 is 0.391 bits per heavy atom. The van der Waals surface area contributed by atoms with Crippen molar-refractivity contribution in [2.24, 2.45) is 11.8 Å². The molecule has 0 fully saturated rings. The van der Waals surface area contributed by atoms with Crippen molar-refractivity contribution >= 4 is 29.0 Å². The van der Waals surface area contributed by atoms with Gasteiger partial charge >= 0.3 is 0 Å². The average molecular weight is 684 g/mol. The minimum atomic E-state index is 0.201. The first-order valence-corrected chi connectivity index (χ1v) is 21.7. The molecule has 0 radical (unpaired) electrons. The van der Waals surface area contributed by atoms with E-state index in [1.54, 1.807) is 0 Å². The maximum absolute atomic E-state index is 13.7. The lowest BCUT2D eigenvalue weighted by Gasteiger charge is -2.23. The number of halogens is 2. The number of allylic oxidation sites excluding steroid dienone is 4. The Morgan fingerprint density at radius 2 is 0.652 bits per heavy atom. The van der Waals surface area contributed by atoms with E-state index in [2.05, 4.69) is 38.2 Å². The van der Waals surface area contributed by atoms with Gasteiger partial charge in [-0.05, 0) is 89.9 Å². The first kappa shape index (κ1) is 45.7. The second-order valence-electron chi connectivity index (χ2n) is 14.2. The van der Waals surface area contributed by atoms with Crippen LogP contribution >= 0.6 is 23.2 Å². The van der Waals surface area contributed by atoms with E-state index in [-0.39, 0.29) is 11.8 Å². The van der Waals surface area contributed by atoms with Gasteiger partial charge in [-0.3, -0.25) is 4.79 Å². The van der Waals surface area contributed by atoms with Crippen LogP contribution in [0.5, 0.6) is 0 Å². The zero-order chi connectivity index (χ0) is 33.6. The molecule has 0 spiro atoms. The zero-order valence-electron chi connectivity index (χ0n) is 31.2. The van der Waals surface area contributed by atoms with Crippen molar-refractivity contribution in [1.29, 1.82) is 0 Å². The van der Waals surface area contributed by atoms with Crippen LogP contribution in [-0.2, 0) is 4.79 Å². The third-order valence-electron chi connectivity index (χ3n) is 9.81. The van der Waals surface area contributed by atoms with Gasteiger partial charge in [-0.25, -0.2) is 0 Å². The molecule has 0 aromatic heterocycles. The number of alkyl halides is 2. The van der Waals surface area contributed by atoms with Crippen molar-refractivity contribution in [3.63, 3.8) is 0 Å². The average Bonchev–Trinajstić information content (AvgIpc) is 3.07. The van der Waals surface area contributed by atoms with Crippen molar-refractivity contribution < 1.29 is 4.79 Å². The van der Waals surface area contributed by atoms with E-state index in [1.165, 1.54) is 167 Å². The molecule has 0 N–H and O–H groups in total. The molecule has 0 aliphatic heterocycles. The van der Waals surface area contributed by atoms with Crippen molar-refractivity contribution in [1.82, 2.24) is 0 Å². The Labute approximate surface area is 299 Å². The van der Waals surface area contributed by atoms with Crippen LogP contribution in [0.3, 0.4) is 0 Å². The van der Waals surface area contributed by atoms with Crippen LogP contribution < -0.4 is 0 Å². The monoisotopic (exact) mass is 683 g/mol. The molecule has 2 atom stereocenters. The largest absolute Gasteiger partial charge is 0.299 e. The fourth-order valence-corrected chi connectivity index (χ4v) is 7.07. The Morgan fingerprint density at radius 3 is 0.957 bits per heavy atom. The molecule has 0 amide bonds. The van der Waals surface area contributed by atoms with Crippen molar-refractivity contribution in [2.75, 3.05) is 11.8 Å². The van der Waals surface area contributed by atoms with Gasteiger partial charge < -0.3 is 0 Å². The fourth-order valence-electron chi connectivity index (χ4n) is 6.76. The van der Waals surface area contributed by atoms with E-state index in [1.807, 2.05) is 0 Å². The SMILES string of the molecule is CCCCCCCC/C=C\CCCCCCCC(CCCCl)C(=O)C(CCCCl)CCCCCCC/C=C\CCCCCCCC. The molecule has 3 heteroatoms. The lowest BCUT2D eigenvalue weighted by atomic mass is 9.81. The summed E-state index contributed by atoms with van der Waals surface area (Å²) >= 11 is 12.2. The van der Waals surface area contributed by atoms with Crippen LogP contribution in [0.25, 0.3) is 0 Å². The molecule has 0 aromatic carbocycles. The number of carbonyl (C=O) groups excluding carboxylic acids is 1. The predicted molar refractivity (Wildman–Crippen MR) is 211 cm³/mol. The van der Waals surface area contributed by atoms with Gasteiger partial charge in [0.2, 0.25) is 0 Å². The van der Waals surface area contributed by atoms with Crippen molar-refractivity contribution in [3.8, 4) is 0 Å². The van der Waals surface area contributed by atoms with E-state index in [4.69, 9.17) is 23.2 Å². The molecular weight excluding hydrogens is 603 g/mol. The van der Waals surface area contributed by atoms with E-state index in [0.29, 0.717) is 17.5 Å². The zero-order valence-corrected chi connectivity index (χ0v) is 32.7. The third-order valence-corrected chi connectivity index (χ3v) is 10.3. The Kier molecular flexibility index (Phi) is 38.9. The van der Waals surface area contributed by atoms with Crippen LogP contribution in [-0.4, -0.2) is 17.5 Å². The number of hydrogen-bond acceptors (Lipinski definition) is 1. The van der Waals surface area contributed by atoms with Crippen molar-refractivity contribution in [3.05, 3.63) is 24.3 Å². The highest BCUT2D eigenvalue weighted by atomic mass is 35.5. The van der Waals surface area contributed by atoms with E-state index in [9.17, 15) is 4.79 Å². The molecule has 272 valence electrons. The van der Waals surface area contributed by atoms with Gasteiger partial charge in [0.1, 0.15) is 5.78 Å². The van der Waals surface area contributed by atoms with E-state index < -0.39 is 0 Å². The smallest absolute Gasteiger partial charge is 0.139 e. The summed E-state index contributed by atoms with van der Waals surface area (Å²) in [5.74, 6) is 2.26. The molecule has 0 heterocycles. The van der Waals surface area contributed by atoms with Crippen molar-refractivity contribution in [2.45, 2.75) is 219 Å². The highest BCUT2D eigenvalue weighted by molar-refractivity contribution is 6.18. The van der Waals surface area contributed by atoms with Gasteiger partial charge in [0, 0.05) is 23.6 Å². The molecule has 0 rings (SSSR count). The first-order valence-electron chi connectivity index (χ1n) is 20.7. The topological polar surface area (TPSA) is 17.1 Å². The quantitative estimate of drug-likeness (QED) is 0.0360. The standard InChI is InChI=1S/C43H80Cl2O/c1-3-5-7-9-11-13-15-17-19-21-23-25-27-29-31-35-41(37-33-39-44)43(46)42(38-34-40-45)36-32-30-28-26-24-22-20-18-16-14-12-10-8-6-4-2/h17-20,41-42H,3-16,21-40H2,1-2H3/b19-17-,20-18-. The summed E-state index contributed by atoms with van der Waals surface area (Å²) in [5, 5.41) is 0. The lowest BCUT2D eigenvalue weighted by Crippen LogP contribution is -2.24. The number of unbranched alkanes of at least 4 members (excludes halogenated alkanes) is 22. The minimum Gasteiger partial charge on any atom is -0.299 e. The van der Waals surface area contributed by atoms with Crippen LogP contribution in [0, 0.1) is 11.8 Å². The Bertz CT molecular complexity index is 603. The summed E-state index contributed by atoms with van der Waals surface area (Å²) < 4.78 is 0. The van der Waals surface area contributed by atoms with Gasteiger partial charge in [-0.15, -0.1) is 23.2 Å². The van der Waals surface area contributed by atoms with Crippen LogP contribution in [0.15, 0.2) is 24.3 Å². The first-order chi connectivity index (χ1) is 22.7.